The van der Waals surface area contributed by atoms with Crippen LogP contribution >= 0.6 is 45.2 Å². The van der Waals surface area contributed by atoms with E-state index in [0.29, 0.717) is 0 Å². The lowest BCUT2D eigenvalue weighted by Crippen LogP contribution is -2.07. The molecular weight excluding hydrogens is 582 g/mol. The highest BCUT2D eigenvalue weighted by Crippen LogP contribution is 2.34. The molecule has 0 saturated heterocycles. The minimum absolute atomic E-state index is 0.787. The fourth-order valence-corrected chi connectivity index (χ4v) is 5.48. The Kier molecular flexibility index (Phi) is 4.13. The molecule has 0 aliphatic rings. The molecule has 0 aliphatic carbocycles. The third-order valence-electron chi connectivity index (χ3n) is 5.75. The lowest BCUT2D eigenvalue weighted by atomic mass is 10.2. The largest absolute Gasteiger partial charge is 0.322 e. The van der Waals surface area contributed by atoms with Gasteiger partial charge in [0.05, 0.1) is 22.1 Å². The molecule has 140 valence electrons. The second kappa shape index (κ2) is 6.74. The highest BCUT2D eigenvalue weighted by Gasteiger charge is 2.15. The Hall–Kier alpha value is -2.06. The van der Waals surface area contributed by atoms with Crippen molar-refractivity contribution < 1.29 is 0 Å². The summed E-state index contributed by atoms with van der Waals surface area (Å²) in [6, 6.07) is 31.0. The summed E-state index contributed by atoms with van der Waals surface area (Å²) in [5.41, 5.74) is 5.12. The number of nitrogens with zero attached hydrogens (tertiary/aromatic N) is 2. The molecule has 0 atom stereocenters. The summed E-state index contributed by atoms with van der Waals surface area (Å²) in [6.45, 7) is 0.787. The van der Waals surface area contributed by atoms with E-state index in [1.165, 1.54) is 50.8 Å². The highest BCUT2D eigenvalue weighted by atomic mass is 127. The van der Waals surface area contributed by atoms with Crippen molar-refractivity contribution in [3.05, 3.63) is 92.1 Å². The van der Waals surface area contributed by atoms with Gasteiger partial charge < -0.3 is 9.13 Å². The van der Waals surface area contributed by atoms with Crippen LogP contribution in [0.2, 0.25) is 0 Å². The number of fused-ring (bicyclic) bond motifs is 6. The van der Waals surface area contributed by atoms with Crippen molar-refractivity contribution in [2.45, 2.75) is 6.67 Å². The van der Waals surface area contributed by atoms with Gasteiger partial charge in [-0.25, -0.2) is 0 Å². The smallest absolute Gasteiger partial charge is 0.100 e. The van der Waals surface area contributed by atoms with E-state index >= 15 is 0 Å². The van der Waals surface area contributed by atoms with Crippen molar-refractivity contribution >= 4 is 88.8 Å². The minimum atomic E-state index is 0.787. The van der Waals surface area contributed by atoms with E-state index in [1.54, 1.807) is 0 Å². The highest BCUT2D eigenvalue weighted by molar-refractivity contribution is 14.1. The number of hydrogen-bond acceptors (Lipinski definition) is 0. The molecule has 4 heteroatoms. The van der Waals surface area contributed by atoms with Crippen LogP contribution < -0.4 is 0 Å². The number of para-hydroxylation sites is 2. The van der Waals surface area contributed by atoms with E-state index in [4.69, 9.17) is 0 Å². The van der Waals surface area contributed by atoms with Gasteiger partial charge in [0.2, 0.25) is 0 Å². The van der Waals surface area contributed by atoms with Gasteiger partial charge in [0.25, 0.3) is 0 Å². The number of benzene rings is 4. The molecule has 29 heavy (non-hydrogen) atoms. The van der Waals surface area contributed by atoms with Crippen molar-refractivity contribution in [2.75, 3.05) is 0 Å². The summed E-state index contributed by atoms with van der Waals surface area (Å²) in [4.78, 5) is 0. The molecule has 6 rings (SSSR count). The van der Waals surface area contributed by atoms with Gasteiger partial charge in [0.15, 0.2) is 0 Å². The van der Waals surface area contributed by atoms with Gasteiger partial charge in [-0.15, -0.1) is 0 Å². The summed E-state index contributed by atoms with van der Waals surface area (Å²) in [5, 5.41) is 5.28. The molecule has 2 heterocycles. The fourth-order valence-electron chi connectivity index (χ4n) is 4.50. The molecule has 4 aromatic carbocycles. The summed E-state index contributed by atoms with van der Waals surface area (Å²) in [7, 11) is 0. The normalized spacial score (nSPS) is 11.9. The summed E-state index contributed by atoms with van der Waals surface area (Å²) in [6.07, 6.45) is 0. The van der Waals surface area contributed by atoms with Gasteiger partial charge >= 0.3 is 0 Å². The van der Waals surface area contributed by atoms with Gasteiger partial charge in [-0.2, -0.15) is 0 Å². The van der Waals surface area contributed by atoms with Crippen LogP contribution in [0.1, 0.15) is 0 Å². The number of hydrogen-bond donors (Lipinski definition) is 0. The Morgan fingerprint density at radius 1 is 0.483 bits per heavy atom. The number of aromatic nitrogens is 2. The van der Waals surface area contributed by atoms with E-state index in [1.807, 2.05) is 0 Å². The van der Waals surface area contributed by atoms with Crippen molar-refractivity contribution in [1.29, 1.82) is 0 Å². The Labute approximate surface area is 195 Å². The van der Waals surface area contributed by atoms with Gasteiger partial charge in [-0.05, 0) is 93.7 Å². The molecule has 0 unspecified atom stereocenters. The maximum absolute atomic E-state index is 2.45. The zero-order valence-electron chi connectivity index (χ0n) is 15.4. The van der Waals surface area contributed by atoms with Gasteiger partial charge in [-0.3, -0.25) is 0 Å². The van der Waals surface area contributed by atoms with Crippen LogP contribution in [0.5, 0.6) is 0 Å². The molecule has 0 bridgehead atoms. The monoisotopic (exact) mass is 598 g/mol. The Morgan fingerprint density at radius 3 is 1.38 bits per heavy atom. The van der Waals surface area contributed by atoms with Gasteiger partial charge in [-0.1, -0.05) is 36.4 Å². The molecule has 0 fully saturated rings. The second-order valence-electron chi connectivity index (χ2n) is 7.35. The Morgan fingerprint density at radius 2 is 0.897 bits per heavy atom. The van der Waals surface area contributed by atoms with Crippen LogP contribution in [0.3, 0.4) is 0 Å². The average molecular weight is 598 g/mol. The van der Waals surface area contributed by atoms with Crippen molar-refractivity contribution in [3.8, 4) is 0 Å². The molecule has 0 radical (unpaired) electrons. The molecule has 2 aromatic heterocycles. The first kappa shape index (κ1) is 17.8. The van der Waals surface area contributed by atoms with Crippen LogP contribution in [-0.4, -0.2) is 9.13 Å². The number of rotatable bonds is 2. The van der Waals surface area contributed by atoms with Gasteiger partial charge in [0, 0.05) is 28.7 Å². The molecule has 0 spiro atoms. The fraction of sp³-hybridized carbons (Fsp3) is 0.0400. The van der Waals surface area contributed by atoms with Crippen LogP contribution in [0.25, 0.3) is 43.6 Å². The first-order valence-electron chi connectivity index (χ1n) is 9.54. The van der Waals surface area contributed by atoms with E-state index in [0.717, 1.165) is 6.67 Å². The second-order valence-corrected chi connectivity index (χ2v) is 9.85. The Balaban J connectivity index is 1.69. The SMILES string of the molecule is Ic1ccc2c(c1)c1ccccc1n2Cn1c2ccccc2c2cc(I)ccc21. The lowest BCUT2D eigenvalue weighted by Gasteiger charge is -2.12. The van der Waals surface area contributed by atoms with E-state index < -0.39 is 0 Å². The van der Waals surface area contributed by atoms with Crippen molar-refractivity contribution in [1.82, 2.24) is 9.13 Å². The summed E-state index contributed by atoms with van der Waals surface area (Å²) in [5.74, 6) is 0. The average Bonchev–Trinajstić information content (AvgIpc) is 3.22. The molecule has 2 nitrogen and oxygen atoms in total. The predicted octanol–water partition coefficient (Wildman–Crippen LogP) is 7.62. The number of halogens is 2. The first-order valence-corrected chi connectivity index (χ1v) is 11.7. The lowest BCUT2D eigenvalue weighted by molar-refractivity contribution is 0.682. The molecule has 0 amide bonds. The quantitative estimate of drug-likeness (QED) is 0.182. The zero-order valence-corrected chi connectivity index (χ0v) is 19.8. The van der Waals surface area contributed by atoms with E-state index in [2.05, 4.69) is 139 Å². The maximum Gasteiger partial charge on any atom is 0.100 e. The zero-order chi connectivity index (χ0) is 19.5. The van der Waals surface area contributed by atoms with Crippen molar-refractivity contribution in [3.63, 3.8) is 0 Å². The third-order valence-corrected chi connectivity index (χ3v) is 7.09. The van der Waals surface area contributed by atoms with Gasteiger partial charge in [0.1, 0.15) is 6.67 Å². The molecule has 0 N–H and O–H groups in total. The molecule has 6 aromatic rings. The standard InChI is InChI=1S/C25H16I2N2/c26-16-9-11-24-20(13-16)18-5-1-3-7-22(18)28(24)15-29-23-8-4-2-6-19(23)21-14-17(27)10-12-25(21)29/h1-14H,15H2. The van der Waals surface area contributed by atoms with Crippen LogP contribution in [-0.2, 0) is 6.67 Å². The predicted molar refractivity (Wildman–Crippen MR) is 140 cm³/mol. The molecule has 0 aliphatic heterocycles. The third kappa shape index (κ3) is 2.72. The van der Waals surface area contributed by atoms with Crippen LogP contribution in [0, 0.1) is 7.14 Å². The van der Waals surface area contributed by atoms with E-state index in [9.17, 15) is 0 Å². The maximum atomic E-state index is 2.45. The Bertz CT molecular complexity index is 1440. The summed E-state index contributed by atoms with van der Waals surface area (Å²) >= 11 is 4.81. The summed E-state index contributed by atoms with van der Waals surface area (Å²) < 4.78 is 7.43. The minimum Gasteiger partial charge on any atom is -0.322 e. The van der Waals surface area contributed by atoms with Crippen LogP contribution in [0.4, 0.5) is 0 Å². The van der Waals surface area contributed by atoms with Crippen LogP contribution in [0.15, 0.2) is 84.9 Å². The van der Waals surface area contributed by atoms with Crippen molar-refractivity contribution in [2.24, 2.45) is 0 Å². The topological polar surface area (TPSA) is 9.86 Å². The molecular formula is C25H16I2N2. The first-order chi connectivity index (χ1) is 14.2. The molecule has 0 saturated carbocycles. The van der Waals surface area contributed by atoms with E-state index in [-0.39, 0.29) is 0 Å².